The monoisotopic (exact) mass is 468 g/mol. The molecule has 0 radical (unpaired) electrons. The van der Waals surface area contributed by atoms with E-state index in [2.05, 4.69) is 21.7 Å². The molecular weight excluding hydrogens is 440 g/mol. The van der Waals surface area contributed by atoms with Crippen LogP contribution in [0.15, 0.2) is 72.9 Å². The SMILES string of the molecule is CN1CCN(c2ccc(NC(=O)[C@H](NCCc3ccc(C#N)cc3)c3ccccc3)cn2)CC1=O. The van der Waals surface area contributed by atoms with Gasteiger partial charge in [-0.05, 0) is 41.8 Å². The van der Waals surface area contributed by atoms with Gasteiger partial charge in [-0.1, -0.05) is 42.5 Å². The molecule has 178 valence electrons. The number of nitrogens with one attached hydrogen (secondary N) is 2. The van der Waals surface area contributed by atoms with Crippen molar-refractivity contribution in [1.29, 1.82) is 5.26 Å². The smallest absolute Gasteiger partial charge is 0.246 e. The van der Waals surface area contributed by atoms with E-state index in [1.165, 1.54) is 0 Å². The number of likely N-dealkylation sites (N-methyl/N-ethyl adjacent to an activating group) is 1. The summed E-state index contributed by atoms with van der Waals surface area (Å²) in [5.74, 6) is 0.596. The molecule has 0 spiro atoms. The van der Waals surface area contributed by atoms with Gasteiger partial charge in [0.15, 0.2) is 0 Å². The summed E-state index contributed by atoms with van der Waals surface area (Å²) >= 11 is 0. The molecule has 0 bridgehead atoms. The number of piperazine rings is 1. The number of hydrogen-bond donors (Lipinski definition) is 2. The summed E-state index contributed by atoms with van der Waals surface area (Å²) in [7, 11) is 1.80. The van der Waals surface area contributed by atoms with Crippen LogP contribution >= 0.6 is 0 Å². The number of aromatic nitrogens is 1. The van der Waals surface area contributed by atoms with Gasteiger partial charge < -0.3 is 20.4 Å². The zero-order valence-electron chi connectivity index (χ0n) is 19.6. The van der Waals surface area contributed by atoms with Crippen molar-refractivity contribution in [3.05, 3.63) is 89.6 Å². The van der Waals surface area contributed by atoms with Crippen LogP contribution in [-0.4, -0.2) is 54.9 Å². The van der Waals surface area contributed by atoms with Crippen LogP contribution in [0.25, 0.3) is 0 Å². The third-order valence-electron chi connectivity index (χ3n) is 6.04. The Morgan fingerprint density at radius 2 is 1.86 bits per heavy atom. The van der Waals surface area contributed by atoms with Crippen LogP contribution in [-0.2, 0) is 16.0 Å². The zero-order chi connectivity index (χ0) is 24.6. The summed E-state index contributed by atoms with van der Waals surface area (Å²) in [5.41, 5.74) is 3.17. The van der Waals surface area contributed by atoms with Crippen molar-refractivity contribution >= 4 is 23.3 Å². The lowest BCUT2D eigenvalue weighted by Crippen LogP contribution is -2.48. The fourth-order valence-corrected chi connectivity index (χ4v) is 3.93. The molecule has 2 amide bonds. The van der Waals surface area contributed by atoms with Crippen LogP contribution in [0, 0.1) is 11.3 Å². The lowest BCUT2D eigenvalue weighted by atomic mass is 10.0. The highest BCUT2D eigenvalue weighted by atomic mass is 16.2. The quantitative estimate of drug-likeness (QED) is 0.527. The highest BCUT2D eigenvalue weighted by Crippen LogP contribution is 2.19. The molecule has 1 aliphatic heterocycles. The van der Waals surface area contributed by atoms with E-state index >= 15 is 0 Å². The lowest BCUT2D eigenvalue weighted by molar-refractivity contribution is -0.129. The molecule has 0 saturated carbocycles. The predicted octanol–water partition coefficient (Wildman–Crippen LogP) is 2.74. The third-order valence-corrected chi connectivity index (χ3v) is 6.04. The van der Waals surface area contributed by atoms with Crippen LogP contribution in [0.5, 0.6) is 0 Å². The number of benzene rings is 2. The normalized spacial score (nSPS) is 14.3. The molecule has 1 aromatic heterocycles. The average Bonchev–Trinajstić information content (AvgIpc) is 2.89. The molecule has 2 heterocycles. The standard InChI is InChI=1S/C27H28N6O2/c1-32-15-16-33(19-25(32)34)24-12-11-23(18-30-24)31-27(35)26(22-5-3-2-4-6-22)29-14-13-20-7-9-21(17-28)10-8-20/h2-12,18,26,29H,13-16,19H2,1H3,(H,31,35)/t26-/m1/s1. The minimum Gasteiger partial charge on any atom is -0.346 e. The molecule has 8 heteroatoms. The number of carbonyl (C=O) groups excluding carboxylic acids is 2. The molecular formula is C27H28N6O2. The van der Waals surface area contributed by atoms with Gasteiger partial charge in [0.25, 0.3) is 0 Å². The van der Waals surface area contributed by atoms with Crippen LogP contribution < -0.4 is 15.5 Å². The molecule has 4 rings (SSSR count). The van der Waals surface area contributed by atoms with Crippen LogP contribution in [0.2, 0.25) is 0 Å². The van der Waals surface area contributed by atoms with E-state index in [0.29, 0.717) is 36.7 Å². The Bertz CT molecular complexity index is 1190. The van der Waals surface area contributed by atoms with Gasteiger partial charge in [-0.25, -0.2) is 4.98 Å². The Balaban J connectivity index is 1.39. The molecule has 1 aliphatic rings. The minimum atomic E-state index is -0.537. The van der Waals surface area contributed by atoms with E-state index < -0.39 is 6.04 Å². The average molecular weight is 469 g/mol. The van der Waals surface area contributed by atoms with Crippen molar-refractivity contribution < 1.29 is 9.59 Å². The number of carbonyl (C=O) groups is 2. The van der Waals surface area contributed by atoms with E-state index in [4.69, 9.17) is 5.26 Å². The first-order chi connectivity index (χ1) is 17.0. The van der Waals surface area contributed by atoms with Crippen molar-refractivity contribution in [3.63, 3.8) is 0 Å². The first kappa shape index (κ1) is 23.9. The van der Waals surface area contributed by atoms with Crippen LogP contribution in [0.4, 0.5) is 11.5 Å². The van der Waals surface area contributed by atoms with E-state index in [1.54, 1.807) is 30.3 Å². The van der Waals surface area contributed by atoms with Gasteiger partial charge in [0.2, 0.25) is 11.8 Å². The number of pyridine rings is 1. The molecule has 0 aliphatic carbocycles. The van der Waals surface area contributed by atoms with Crippen molar-refractivity contribution in [2.45, 2.75) is 12.5 Å². The summed E-state index contributed by atoms with van der Waals surface area (Å²) in [6.45, 7) is 2.27. The number of nitriles is 1. The predicted molar refractivity (Wildman–Crippen MR) is 135 cm³/mol. The van der Waals surface area contributed by atoms with E-state index in [0.717, 1.165) is 24.1 Å². The Kier molecular flexibility index (Phi) is 7.70. The summed E-state index contributed by atoms with van der Waals surface area (Å²) in [5, 5.41) is 15.3. The summed E-state index contributed by atoms with van der Waals surface area (Å²) < 4.78 is 0. The number of hydrogen-bond acceptors (Lipinski definition) is 6. The van der Waals surface area contributed by atoms with Gasteiger partial charge in [0.05, 0.1) is 30.1 Å². The summed E-state index contributed by atoms with van der Waals surface area (Å²) in [6, 6.07) is 22.2. The van der Waals surface area contributed by atoms with E-state index in [-0.39, 0.29) is 11.8 Å². The topological polar surface area (TPSA) is 101 Å². The molecule has 35 heavy (non-hydrogen) atoms. The van der Waals surface area contributed by atoms with Gasteiger partial charge in [-0.3, -0.25) is 9.59 Å². The third kappa shape index (κ3) is 6.22. The second-order valence-electron chi connectivity index (χ2n) is 8.49. The van der Waals surface area contributed by atoms with Gasteiger partial charge in [-0.15, -0.1) is 0 Å². The zero-order valence-corrected chi connectivity index (χ0v) is 19.6. The fraction of sp³-hybridized carbons (Fsp3) is 0.259. The molecule has 1 fully saturated rings. The fourth-order valence-electron chi connectivity index (χ4n) is 3.93. The highest BCUT2D eigenvalue weighted by molar-refractivity contribution is 5.95. The maximum absolute atomic E-state index is 13.2. The second kappa shape index (κ2) is 11.3. The highest BCUT2D eigenvalue weighted by Gasteiger charge is 2.23. The van der Waals surface area contributed by atoms with Gasteiger partial charge in [0.1, 0.15) is 11.9 Å². The number of anilines is 2. The van der Waals surface area contributed by atoms with E-state index in [1.807, 2.05) is 59.5 Å². The first-order valence-electron chi connectivity index (χ1n) is 11.6. The van der Waals surface area contributed by atoms with Gasteiger partial charge in [0, 0.05) is 26.7 Å². The summed E-state index contributed by atoms with van der Waals surface area (Å²) in [4.78, 5) is 33.3. The minimum absolute atomic E-state index is 0.0632. The summed E-state index contributed by atoms with van der Waals surface area (Å²) in [6.07, 6.45) is 2.34. The molecule has 2 N–H and O–H groups in total. The van der Waals surface area contributed by atoms with Gasteiger partial charge >= 0.3 is 0 Å². The first-order valence-corrected chi connectivity index (χ1v) is 11.6. The van der Waals surface area contributed by atoms with E-state index in [9.17, 15) is 9.59 Å². The Hall–Kier alpha value is -4.22. The second-order valence-corrected chi connectivity index (χ2v) is 8.49. The number of nitrogens with zero attached hydrogens (tertiary/aromatic N) is 4. The van der Waals surface area contributed by atoms with Crippen molar-refractivity contribution in [3.8, 4) is 6.07 Å². The molecule has 1 saturated heterocycles. The van der Waals surface area contributed by atoms with Gasteiger partial charge in [-0.2, -0.15) is 5.26 Å². The molecule has 0 unspecified atom stereocenters. The Morgan fingerprint density at radius 3 is 2.51 bits per heavy atom. The van der Waals surface area contributed by atoms with Crippen LogP contribution in [0.3, 0.4) is 0 Å². The van der Waals surface area contributed by atoms with Crippen molar-refractivity contribution in [2.24, 2.45) is 0 Å². The Labute approximate surface area is 205 Å². The van der Waals surface area contributed by atoms with Crippen LogP contribution in [0.1, 0.15) is 22.7 Å². The van der Waals surface area contributed by atoms with Crippen molar-refractivity contribution in [2.75, 3.05) is 43.4 Å². The van der Waals surface area contributed by atoms with Crippen molar-refractivity contribution in [1.82, 2.24) is 15.2 Å². The maximum atomic E-state index is 13.2. The lowest BCUT2D eigenvalue weighted by Gasteiger charge is -2.32. The Morgan fingerprint density at radius 1 is 1.09 bits per heavy atom. The number of amides is 2. The molecule has 3 aromatic rings. The molecule has 2 aromatic carbocycles. The molecule has 8 nitrogen and oxygen atoms in total. The largest absolute Gasteiger partial charge is 0.346 e. The number of rotatable bonds is 8. The maximum Gasteiger partial charge on any atom is 0.246 e. The molecule has 1 atom stereocenters.